The molecule has 3 aromatic rings. The molecular weight excluding hydrogens is 238 g/mol. The van der Waals surface area contributed by atoms with Gasteiger partial charge in [0.25, 0.3) is 0 Å². The van der Waals surface area contributed by atoms with Crippen molar-refractivity contribution in [3.05, 3.63) is 65.4 Å². The van der Waals surface area contributed by atoms with Crippen LogP contribution in [0.15, 0.2) is 47.1 Å². The van der Waals surface area contributed by atoms with E-state index in [2.05, 4.69) is 4.98 Å². The van der Waals surface area contributed by atoms with E-state index in [-0.39, 0.29) is 5.78 Å². The smallest absolute Gasteiger partial charge is 0.198 e. The predicted molar refractivity (Wildman–Crippen MR) is 73.4 cm³/mol. The summed E-state index contributed by atoms with van der Waals surface area (Å²) in [6.07, 6.45) is 3.38. The zero-order chi connectivity index (χ0) is 13.4. The van der Waals surface area contributed by atoms with Crippen LogP contribution in [0.5, 0.6) is 0 Å². The molecule has 0 bridgehead atoms. The zero-order valence-electron chi connectivity index (χ0n) is 10.8. The SMILES string of the molecule is Cc1cc(C(=O)c2cncc3ccccc23)c(C)o1. The second-order valence-corrected chi connectivity index (χ2v) is 4.56. The first-order chi connectivity index (χ1) is 9.16. The molecule has 3 rings (SSSR count). The van der Waals surface area contributed by atoms with Gasteiger partial charge in [-0.05, 0) is 25.3 Å². The summed E-state index contributed by atoms with van der Waals surface area (Å²) in [5.41, 5.74) is 1.22. The fourth-order valence-corrected chi connectivity index (χ4v) is 2.30. The fraction of sp³-hybridized carbons (Fsp3) is 0.125. The largest absolute Gasteiger partial charge is 0.466 e. The normalized spacial score (nSPS) is 10.8. The second-order valence-electron chi connectivity index (χ2n) is 4.56. The van der Waals surface area contributed by atoms with E-state index < -0.39 is 0 Å². The van der Waals surface area contributed by atoms with Crippen LogP contribution >= 0.6 is 0 Å². The van der Waals surface area contributed by atoms with E-state index in [1.165, 1.54) is 0 Å². The maximum atomic E-state index is 12.6. The lowest BCUT2D eigenvalue weighted by Gasteiger charge is -2.04. The van der Waals surface area contributed by atoms with Crippen LogP contribution in [0.25, 0.3) is 10.8 Å². The molecule has 2 heterocycles. The Kier molecular flexibility index (Phi) is 2.67. The molecule has 0 unspecified atom stereocenters. The topological polar surface area (TPSA) is 43.1 Å². The minimum atomic E-state index is -0.0429. The summed E-state index contributed by atoms with van der Waals surface area (Å²) in [7, 11) is 0. The number of carbonyl (C=O) groups is 1. The van der Waals surface area contributed by atoms with Crippen molar-refractivity contribution in [1.82, 2.24) is 4.98 Å². The molecule has 19 heavy (non-hydrogen) atoms. The number of hydrogen-bond donors (Lipinski definition) is 0. The molecule has 2 aromatic heterocycles. The average Bonchev–Trinajstić information content (AvgIpc) is 2.76. The van der Waals surface area contributed by atoms with Gasteiger partial charge in [0.05, 0.1) is 5.56 Å². The number of aromatic nitrogens is 1. The Morgan fingerprint density at radius 3 is 2.63 bits per heavy atom. The lowest BCUT2D eigenvalue weighted by Crippen LogP contribution is -2.03. The van der Waals surface area contributed by atoms with Crippen molar-refractivity contribution < 1.29 is 9.21 Å². The maximum Gasteiger partial charge on any atom is 0.198 e. The van der Waals surface area contributed by atoms with Gasteiger partial charge >= 0.3 is 0 Å². The fourth-order valence-electron chi connectivity index (χ4n) is 2.30. The Balaban J connectivity index is 2.19. The van der Waals surface area contributed by atoms with E-state index in [9.17, 15) is 4.79 Å². The van der Waals surface area contributed by atoms with E-state index in [0.29, 0.717) is 16.9 Å². The van der Waals surface area contributed by atoms with Gasteiger partial charge in [-0.15, -0.1) is 0 Å². The Morgan fingerprint density at radius 2 is 1.89 bits per heavy atom. The summed E-state index contributed by atoms with van der Waals surface area (Å²) < 4.78 is 5.43. The monoisotopic (exact) mass is 251 g/mol. The van der Waals surface area contributed by atoms with Crippen molar-refractivity contribution >= 4 is 16.6 Å². The highest BCUT2D eigenvalue weighted by atomic mass is 16.3. The van der Waals surface area contributed by atoms with Crippen LogP contribution in [0.2, 0.25) is 0 Å². The number of ketones is 1. The lowest BCUT2D eigenvalue weighted by molar-refractivity contribution is 0.103. The van der Waals surface area contributed by atoms with Gasteiger partial charge < -0.3 is 4.42 Å². The van der Waals surface area contributed by atoms with Gasteiger partial charge in [-0.3, -0.25) is 9.78 Å². The molecule has 0 fully saturated rings. The summed E-state index contributed by atoms with van der Waals surface area (Å²) in [6, 6.07) is 9.52. The molecule has 3 heteroatoms. The summed E-state index contributed by atoms with van der Waals surface area (Å²) in [6.45, 7) is 3.64. The number of rotatable bonds is 2. The van der Waals surface area contributed by atoms with E-state index in [1.54, 1.807) is 25.4 Å². The molecule has 0 amide bonds. The molecule has 3 nitrogen and oxygen atoms in total. The number of pyridine rings is 1. The van der Waals surface area contributed by atoms with Gasteiger partial charge in [0.15, 0.2) is 5.78 Å². The predicted octanol–water partition coefficient (Wildman–Crippen LogP) is 3.68. The highest BCUT2D eigenvalue weighted by Crippen LogP contribution is 2.23. The maximum absolute atomic E-state index is 12.6. The van der Waals surface area contributed by atoms with Crippen LogP contribution in [-0.4, -0.2) is 10.8 Å². The van der Waals surface area contributed by atoms with Gasteiger partial charge in [0.2, 0.25) is 0 Å². The third-order valence-corrected chi connectivity index (χ3v) is 3.20. The lowest BCUT2D eigenvalue weighted by atomic mass is 10.00. The summed E-state index contributed by atoms with van der Waals surface area (Å²) in [5.74, 6) is 1.35. The van der Waals surface area contributed by atoms with Crippen LogP contribution in [0, 0.1) is 13.8 Å². The Bertz CT molecular complexity index is 766. The standard InChI is InChI=1S/C16H13NO2/c1-10-7-14(11(2)19-10)16(18)15-9-17-8-12-5-3-4-6-13(12)15/h3-9H,1-2H3. The van der Waals surface area contributed by atoms with Gasteiger partial charge in [0.1, 0.15) is 11.5 Å². The van der Waals surface area contributed by atoms with Crippen LogP contribution in [0.4, 0.5) is 0 Å². The molecule has 0 saturated carbocycles. The number of hydrogen-bond acceptors (Lipinski definition) is 3. The van der Waals surface area contributed by atoms with Gasteiger partial charge in [-0.1, -0.05) is 24.3 Å². The molecule has 0 N–H and O–H groups in total. The molecule has 0 atom stereocenters. The number of aryl methyl sites for hydroxylation is 2. The van der Waals surface area contributed by atoms with Crippen LogP contribution in [0.1, 0.15) is 27.4 Å². The van der Waals surface area contributed by atoms with Crippen molar-refractivity contribution in [2.45, 2.75) is 13.8 Å². The summed E-state index contributed by atoms with van der Waals surface area (Å²) >= 11 is 0. The Hall–Kier alpha value is -2.42. The molecule has 0 aliphatic heterocycles. The van der Waals surface area contributed by atoms with Gasteiger partial charge in [-0.2, -0.15) is 0 Å². The van der Waals surface area contributed by atoms with Crippen LogP contribution < -0.4 is 0 Å². The van der Waals surface area contributed by atoms with Crippen molar-refractivity contribution in [1.29, 1.82) is 0 Å². The number of nitrogens with zero attached hydrogens (tertiary/aromatic N) is 1. The van der Waals surface area contributed by atoms with Gasteiger partial charge in [0, 0.05) is 23.3 Å². The van der Waals surface area contributed by atoms with Crippen LogP contribution in [0.3, 0.4) is 0 Å². The van der Waals surface area contributed by atoms with E-state index in [1.807, 2.05) is 31.2 Å². The first-order valence-electron chi connectivity index (χ1n) is 6.11. The third-order valence-electron chi connectivity index (χ3n) is 3.20. The Morgan fingerprint density at radius 1 is 1.11 bits per heavy atom. The van der Waals surface area contributed by atoms with Crippen molar-refractivity contribution in [3.63, 3.8) is 0 Å². The molecule has 0 aliphatic rings. The quantitative estimate of drug-likeness (QED) is 0.652. The minimum absolute atomic E-state index is 0.0429. The Labute approximate surface area is 110 Å². The van der Waals surface area contributed by atoms with Crippen molar-refractivity contribution in [2.75, 3.05) is 0 Å². The molecule has 94 valence electrons. The zero-order valence-corrected chi connectivity index (χ0v) is 10.8. The average molecular weight is 251 g/mol. The summed E-state index contributed by atoms with van der Waals surface area (Å²) in [5, 5.41) is 1.88. The third kappa shape index (κ3) is 1.93. The second kappa shape index (κ2) is 4.35. The molecule has 0 saturated heterocycles. The minimum Gasteiger partial charge on any atom is -0.466 e. The summed E-state index contributed by atoms with van der Waals surface area (Å²) in [4.78, 5) is 16.7. The number of carbonyl (C=O) groups excluding carboxylic acids is 1. The van der Waals surface area contributed by atoms with E-state index in [4.69, 9.17) is 4.42 Å². The van der Waals surface area contributed by atoms with Crippen LogP contribution in [-0.2, 0) is 0 Å². The molecule has 0 aliphatic carbocycles. The first kappa shape index (κ1) is 11.7. The number of fused-ring (bicyclic) bond motifs is 1. The van der Waals surface area contributed by atoms with E-state index >= 15 is 0 Å². The highest BCUT2D eigenvalue weighted by Gasteiger charge is 2.17. The van der Waals surface area contributed by atoms with Crippen molar-refractivity contribution in [2.24, 2.45) is 0 Å². The molecule has 0 radical (unpaired) electrons. The molecule has 0 spiro atoms. The van der Waals surface area contributed by atoms with Gasteiger partial charge in [-0.25, -0.2) is 0 Å². The van der Waals surface area contributed by atoms with E-state index in [0.717, 1.165) is 16.5 Å². The first-order valence-corrected chi connectivity index (χ1v) is 6.11. The number of furan rings is 1. The molecule has 1 aromatic carbocycles. The van der Waals surface area contributed by atoms with Crippen molar-refractivity contribution in [3.8, 4) is 0 Å². The molecular formula is C16H13NO2. The highest BCUT2D eigenvalue weighted by molar-refractivity contribution is 6.16. The number of benzene rings is 1.